The highest BCUT2D eigenvalue weighted by atomic mass is 19.3. The van der Waals surface area contributed by atoms with E-state index in [1.807, 2.05) is 6.92 Å². The number of nitrogens with two attached hydrogens (primary N) is 1. The van der Waals surface area contributed by atoms with E-state index in [4.69, 9.17) is 5.84 Å². The smallest absolute Gasteiger partial charge is 0.387 e. The molecular weight excluding hydrogens is 178 g/mol. The molecule has 0 heterocycles. The molecule has 1 rings (SSSR count). The highest BCUT2D eigenvalue weighted by Gasteiger charge is 2.08. The van der Waals surface area contributed by atoms with E-state index in [-0.39, 0.29) is 5.75 Å². The molecule has 0 radical (unpaired) electrons. The molecule has 3 nitrogen and oxygen atoms in total. The quantitative estimate of drug-likeness (QED) is 0.562. The van der Waals surface area contributed by atoms with E-state index in [1.165, 1.54) is 6.07 Å². The van der Waals surface area contributed by atoms with Gasteiger partial charge in [-0.2, -0.15) is 8.78 Å². The van der Waals surface area contributed by atoms with Gasteiger partial charge >= 0.3 is 6.61 Å². The minimum atomic E-state index is -2.84. The second-order valence-corrected chi connectivity index (χ2v) is 2.52. The van der Waals surface area contributed by atoms with E-state index in [2.05, 4.69) is 10.2 Å². The van der Waals surface area contributed by atoms with Crippen molar-refractivity contribution < 1.29 is 13.5 Å². The van der Waals surface area contributed by atoms with Gasteiger partial charge in [-0.25, -0.2) is 0 Å². The number of ether oxygens (including phenoxy) is 1. The lowest BCUT2D eigenvalue weighted by Crippen LogP contribution is -2.11. The minimum Gasteiger partial charge on any atom is -0.433 e. The second-order valence-electron chi connectivity index (χ2n) is 2.52. The van der Waals surface area contributed by atoms with Crippen LogP contribution in [0.15, 0.2) is 18.2 Å². The average molecular weight is 188 g/mol. The van der Waals surface area contributed by atoms with Crippen LogP contribution in [0.3, 0.4) is 0 Å². The number of anilines is 1. The molecule has 0 atom stereocenters. The number of halogens is 2. The zero-order valence-corrected chi connectivity index (χ0v) is 7.05. The molecule has 0 unspecified atom stereocenters. The molecular formula is C8H10F2N2O. The fourth-order valence-corrected chi connectivity index (χ4v) is 0.955. The summed E-state index contributed by atoms with van der Waals surface area (Å²) in [6, 6.07) is 4.73. The molecule has 0 saturated heterocycles. The van der Waals surface area contributed by atoms with Gasteiger partial charge < -0.3 is 10.2 Å². The summed E-state index contributed by atoms with van der Waals surface area (Å²) in [5.74, 6) is 5.16. The summed E-state index contributed by atoms with van der Waals surface area (Å²) in [4.78, 5) is 0. The third kappa shape index (κ3) is 2.55. The predicted octanol–water partition coefficient (Wildman–Crippen LogP) is 1.88. The van der Waals surface area contributed by atoms with Crippen LogP contribution in [0.25, 0.3) is 0 Å². The van der Waals surface area contributed by atoms with Crippen LogP contribution in [0.5, 0.6) is 5.75 Å². The van der Waals surface area contributed by atoms with Crippen molar-refractivity contribution in [3.05, 3.63) is 23.8 Å². The van der Waals surface area contributed by atoms with Crippen molar-refractivity contribution in [3.8, 4) is 5.75 Å². The van der Waals surface area contributed by atoms with Crippen molar-refractivity contribution in [2.45, 2.75) is 13.5 Å². The van der Waals surface area contributed by atoms with Gasteiger partial charge in [0.25, 0.3) is 0 Å². The fraction of sp³-hybridized carbons (Fsp3) is 0.250. The maximum absolute atomic E-state index is 11.8. The number of nitrogen functional groups attached to an aromatic ring is 1. The van der Waals surface area contributed by atoms with Gasteiger partial charge in [0.2, 0.25) is 0 Å². The van der Waals surface area contributed by atoms with Crippen molar-refractivity contribution in [2.75, 3.05) is 5.43 Å². The lowest BCUT2D eigenvalue weighted by atomic mass is 10.2. The van der Waals surface area contributed by atoms with Crippen LogP contribution < -0.4 is 16.0 Å². The van der Waals surface area contributed by atoms with Crippen LogP contribution in [-0.2, 0) is 0 Å². The minimum absolute atomic E-state index is 0.0445. The topological polar surface area (TPSA) is 47.3 Å². The first kappa shape index (κ1) is 9.73. The van der Waals surface area contributed by atoms with E-state index in [0.717, 1.165) is 5.56 Å². The fourth-order valence-electron chi connectivity index (χ4n) is 0.955. The van der Waals surface area contributed by atoms with Crippen LogP contribution in [-0.4, -0.2) is 6.61 Å². The van der Waals surface area contributed by atoms with Crippen molar-refractivity contribution in [1.29, 1.82) is 0 Å². The van der Waals surface area contributed by atoms with Crippen LogP contribution in [0, 0.1) is 6.92 Å². The molecule has 0 saturated carbocycles. The molecule has 1 aromatic carbocycles. The van der Waals surface area contributed by atoms with Crippen molar-refractivity contribution in [2.24, 2.45) is 5.84 Å². The van der Waals surface area contributed by atoms with Crippen molar-refractivity contribution in [3.63, 3.8) is 0 Å². The number of hydrogen-bond donors (Lipinski definition) is 2. The van der Waals surface area contributed by atoms with Gasteiger partial charge in [0, 0.05) is 0 Å². The van der Waals surface area contributed by atoms with E-state index in [0.29, 0.717) is 5.69 Å². The number of hydrogen-bond acceptors (Lipinski definition) is 3. The summed E-state index contributed by atoms with van der Waals surface area (Å²) in [6.07, 6.45) is 0. The van der Waals surface area contributed by atoms with E-state index in [1.54, 1.807) is 12.1 Å². The Kier molecular flexibility index (Phi) is 3.02. The SMILES string of the molecule is Cc1ccc(OC(F)F)c(NN)c1. The largest absolute Gasteiger partial charge is 0.433 e. The molecule has 3 N–H and O–H groups in total. The molecule has 5 heteroatoms. The third-order valence-corrected chi connectivity index (χ3v) is 1.51. The van der Waals surface area contributed by atoms with Crippen LogP contribution in [0.2, 0.25) is 0 Å². The Hall–Kier alpha value is -1.36. The maximum Gasteiger partial charge on any atom is 0.387 e. The predicted molar refractivity (Wildman–Crippen MR) is 45.6 cm³/mol. The highest BCUT2D eigenvalue weighted by molar-refractivity contribution is 5.57. The third-order valence-electron chi connectivity index (χ3n) is 1.51. The Morgan fingerprint density at radius 1 is 1.46 bits per heavy atom. The Morgan fingerprint density at radius 2 is 2.15 bits per heavy atom. The normalized spacial score (nSPS) is 10.2. The number of aryl methyl sites for hydroxylation is 1. The van der Waals surface area contributed by atoms with Gasteiger partial charge in [-0.3, -0.25) is 5.84 Å². The molecule has 0 amide bonds. The number of benzene rings is 1. The van der Waals surface area contributed by atoms with Gasteiger partial charge in [0.05, 0.1) is 5.69 Å². The first-order valence-corrected chi connectivity index (χ1v) is 3.65. The second kappa shape index (κ2) is 4.04. The summed E-state index contributed by atoms with van der Waals surface area (Å²) in [5.41, 5.74) is 3.54. The molecule has 1 aromatic rings. The number of nitrogens with one attached hydrogen (secondary N) is 1. The zero-order chi connectivity index (χ0) is 9.84. The van der Waals surface area contributed by atoms with E-state index >= 15 is 0 Å². The molecule has 0 aromatic heterocycles. The van der Waals surface area contributed by atoms with Crippen molar-refractivity contribution >= 4 is 5.69 Å². The summed E-state index contributed by atoms with van der Waals surface area (Å²) >= 11 is 0. The summed E-state index contributed by atoms with van der Waals surface area (Å²) < 4.78 is 27.9. The highest BCUT2D eigenvalue weighted by Crippen LogP contribution is 2.25. The maximum atomic E-state index is 11.8. The van der Waals surface area contributed by atoms with E-state index < -0.39 is 6.61 Å². The van der Waals surface area contributed by atoms with Gasteiger partial charge in [0.15, 0.2) is 5.75 Å². The van der Waals surface area contributed by atoms with Crippen molar-refractivity contribution in [1.82, 2.24) is 0 Å². The Morgan fingerprint density at radius 3 is 2.69 bits per heavy atom. The average Bonchev–Trinajstić information content (AvgIpc) is 2.07. The number of alkyl halides is 2. The number of rotatable bonds is 3. The van der Waals surface area contributed by atoms with Gasteiger partial charge in [-0.05, 0) is 24.6 Å². The monoisotopic (exact) mass is 188 g/mol. The standard InChI is InChI=1S/C8H10F2N2O/c1-5-2-3-7(13-8(9)10)6(4-5)12-11/h2-4,8,12H,11H2,1H3. The van der Waals surface area contributed by atoms with Gasteiger partial charge in [-0.15, -0.1) is 0 Å². The summed E-state index contributed by atoms with van der Waals surface area (Å²) in [7, 11) is 0. The van der Waals surface area contributed by atoms with E-state index in [9.17, 15) is 8.78 Å². The molecule has 0 fully saturated rings. The molecule has 0 aliphatic carbocycles. The van der Waals surface area contributed by atoms with Crippen LogP contribution in [0.4, 0.5) is 14.5 Å². The molecule has 0 aliphatic rings. The Balaban J connectivity index is 2.92. The van der Waals surface area contributed by atoms with Crippen LogP contribution in [0.1, 0.15) is 5.56 Å². The number of hydrazine groups is 1. The first-order chi connectivity index (χ1) is 6.13. The molecule has 0 aliphatic heterocycles. The Bertz CT molecular complexity index is 291. The summed E-state index contributed by atoms with van der Waals surface area (Å²) in [5, 5.41) is 0. The lowest BCUT2D eigenvalue weighted by molar-refractivity contribution is -0.0493. The molecule has 13 heavy (non-hydrogen) atoms. The first-order valence-electron chi connectivity index (χ1n) is 3.65. The Labute approximate surface area is 74.5 Å². The summed E-state index contributed by atoms with van der Waals surface area (Å²) in [6.45, 7) is -1.01. The van der Waals surface area contributed by atoms with Crippen LogP contribution >= 0.6 is 0 Å². The zero-order valence-electron chi connectivity index (χ0n) is 7.05. The molecule has 0 spiro atoms. The molecule has 72 valence electrons. The lowest BCUT2D eigenvalue weighted by Gasteiger charge is -2.10. The van der Waals surface area contributed by atoms with Gasteiger partial charge in [0.1, 0.15) is 0 Å². The van der Waals surface area contributed by atoms with Gasteiger partial charge in [-0.1, -0.05) is 6.07 Å². The molecule has 0 bridgehead atoms.